The third kappa shape index (κ3) is 6.06. The first-order valence-corrected chi connectivity index (χ1v) is 12.9. The molecule has 0 aromatic heterocycles. The highest BCUT2D eigenvalue weighted by Gasteiger charge is 2.22. The number of unbranched alkanes of at least 4 members (excludes halogenated alkanes) is 3. The lowest BCUT2D eigenvalue weighted by Crippen LogP contribution is -2.29. The fourth-order valence-electron chi connectivity index (χ4n) is 4.88. The number of hydrogen-bond acceptors (Lipinski definition) is 2. The van der Waals surface area contributed by atoms with E-state index in [2.05, 4.69) is 69.8 Å². The molecule has 0 unspecified atom stereocenters. The molecular formula is C33H38O2. The number of benzene rings is 3. The van der Waals surface area contributed by atoms with Gasteiger partial charge in [-0.1, -0.05) is 113 Å². The Bertz CT molecular complexity index is 1300. The number of fused-ring (bicyclic) bond motifs is 1. The first kappa shape index (κ1) is 24.9. The fourth-order valence-corrected chi connectivity index (χ4v) is 4.88. The van der Waals surface area contributed by atoms with Crippen molar-refractivity contribution in [1.29, 1.82) is 0 Å². The van der Waals surface area contributed by atoms with Gasteiger partial charge in [-0.05, 0) is 63.6 Å². The van der Waals surface area contributed by atoms with Crippen LogP contribution in [0.15, 0.2) is 72.8 Å². The van der Waals surface area contributed by atoms with Gasteiger partial charge >= 0.3 is 0 Å². The summed E-state index contributed by atoms with van der Waals surface area (Å²) in [4.78, 5) is 0. The van der Waals surface area contributed by atoms with Crippen LogP contribution in [0.1, 0.15) is 70.4 Å². The molecule has 3 aromatic carbocycles. The molecule has 35 heavy (non-hydrogen) atoms. The van der Waals surface area contributed by atoms with E-state index in [1.54, 1.807) is 0 Å². The number of phenolic OH excluding ortho intramolecular Hbond substituents is 1. The van der Waals surface area contributed by atoms with Crippen LogP contribution in [0.25, 0.3) is 23.3 Å². The third-order valence-corrected chi connectivity index (χ3v) is 7.08. The van der Waals surface area contributed by atoms with Crippen molar-refractivity contribution in [2.75, 3.05) is 0 Å². The summed E-state index contributed by atoms with van der Waals surface area (Å²) < 4.78 is 6.49. The molecular weight excluding hydrogens is 428 g/mol. The lowest BCUT2D eigenvalue weighted by Gasteiger charge is -2.27. The van der Waals surface area contributed by atoms with E-state index in [0.29, 0.717) is 6.61 Å². The minimum Gasteiger partial charge on any atom is -0.508 e. The standard InChI is InChI=1S/C33H38O2/c1-5-6-7-11-18-33(3,4)27-16-17-29(32(21-27)35-23-25-12-9-8-10-13-25)31-22-28(34)20-26-15-14-24(2)19-30(26)31/h8-10,12-13,15-17,19-22,34H,2,5-7,11,14,18,23H2,1,3-4H3. The highest BCUT2D eigenvalue weighted by molar-refractivity contribution is 5.76. The van der Waals surface area contributed by atoms with Crippen molar-refractivity contribution in [3.8, 4) is 22.6 Å². The summed E-state index contributed by atoms with van der Waals surface area (Å²) >= 11 is 0. The zero-order valence-electron chi connectivity index (χ0n) is 21.4. The minimum absolute atomic E-state index is 0.0591. The van der Waals surface area contributed by atoms with E-state index in [1.165, 1.54) is 31.2 Å². The van der Waals surface area contributed by atoms with Crippen LogP contribution in [-0.4, -0.2) is 5.11 Å². The summed E-state index contributed by atoms with van der Waals surface area (Å²) in [6, 6.07) is 20.6. The van der Waals surface area contributed by atoms with E-state index in [9.17, 15) is 5.11 Å². The fraction of sp³-hybridized carbons (Fsp3) is 0.333. The average molecular weight is 467 g/mol. The van der Waals surface area contributed by atoms with Gasteiger partial charge in [0.25, 0.3) is 0 Å². The molecule has 3 aromatic rings. The van der Waals surface area contributed by atoms with Gasteiger partial charge in [-0.3, -0.25) is 0 Å². The summed E-state index contributed by atoms with van der Waals surface area (Å²) in [5.41, 5.74) is 5.53. The predicted molar refractivity (Wildman–Crippen MR) is 148 cm³/mol. The van der Waals surface area contributed by atoms with Gasteiger partial charge in [-0.2, -0.15) is 0 Å². The molecule has 2 nitrogen and oxygen atoms in total. The molecule has 0 heterocycles. The molecule has 0 saturated heterocycles. The molecule has 1 aliphatic rings. The summed E-state index contributed by atoms with van der Waals surface area (Å²) in [6.45, 7) is 11.6. The predicted octanol–water partition coefficient (Wildman–Crippen LogP) is 7.41. The number of allylic oxidation sites excluding steroid dienone is 1. The van der Waals surface area contributed by atoms with Crippen molar-refractivity contribution in [2.45, 2.75) is 71.3 Å². The topological polar surface area (TPSA) is 29.5 Å². The SMILES string of the molecule is C=C1C=c2c(-c3ccc(C(C)(C)CCCCCC)cc3OCc3ccccc3)cc(O)cc2=CC1. The summed E-state index contributed by atoms with van der Waals surface area (Å²) in [7, 11) is 0. The van der Waals surface area contributed by atoms with Crippen LogP contribution in [-0.2, 0) is 12.0 Å². The van der Waals surface area contributed by atoms with E-state index in [0.717, 1.165) is 51.3 Å². The molecule has 0 saturated carbocycles. The number of aromatic hydroxyl groups is 1. The maximum absolute atomic E-state index is 10.5. The van der Waals surface area contributed by atoms with Crippen molar-refractivity contribution >= 4 is 12.2 Å². The van der Waals surface area contributed by atoms with Gasteiger partial charge in [0.2, 0.25) is 0 Å². The van der Waals surface area contributed by atoms with Crippen molar-refractivity contribution in [3.05, 3.63) is 94.4 Å². The first-order chi connectivity index (χ1) is 16.9. The van der Waals surface area contributed by atoms with E-state index >= 15 is 0 Å². The van der Waals surface area contributed by atoms with Crippen LogP contribution in [0.2, 0.25) is 0 Å². The Kier molecular flexibility index (Phi) is 7.80. The largest absolute Gasteiger partial charge is 0.508 e. The zero-order valence-corrected chi connectivity index (χ0v) is 21.4. The molecule has 182 valence electrons. The highest BCUT2D eigenvalue weighted by Crippen LogP contribution is 2.37. The van der Waals surface area contributed by atoms with E-state index in [1.807, 2.05) is 30.3 Å². The molecule has 0 spiro atoms. The van der Waals surface area contributed by atoms with Crippen molar-refractivity contribution in [1.82, 2.24) is 0 Å². The van der Waals surface area contributed by atoms with Crippen LogP contribution in [0, 0.1) is 0 Å². The third-order valence-electron chi connectivity index (χ3n) is 7.08. The van der Waals surface area contributed by atoms with Gasteiger partial charge in [-0.15, -0.1) is 0 Å². The van der Waals surface area contributed by atoms with E-state index < -0.39 is 0 Å². The van der Waals surface area contributed by atoms with Gasteiger partial charge < -0.3 is 9.84 Å². The Morgan fingerprint density at radius 1 is 0.943 bits per heavy atom. The Morgan fingerprint density at radius 2 is 1.74 bits per heavy atom. The normalized spacial score (nSPS) is 13.1. The Hall–Kier alpha value is -3.26. The van der Waals surface area contributed by atoms with Crippen LogP contribution < -0.4 is 15.2 Å². The van der Waals surface area contributed by atoms with Crippen LogP contribution in [0.3, 0.4) is 0 Å². The van der Waals surface area contributed by atoms with E-state index in [4.69, 9.17) is 4.74 Å². The first-order valence-electron chi connectivity index (χ1n) is 12.9. The maximum Gasteiger partial charge on any atom is 0.127 e. The second-order valence-corrected chi connectivity index (χ2v) is 10.4. The Morgan fingerprint density at radius 3 is 2.51 bits per heavy atom. The maximum atomic E-state index is 10.5. The minimum atomic E-state index is 0.0591. The Labute approximate surface area is 210 Å². The zero-order chi connectivity index (χ0) is 24.8. The van der Waals surface area contributed by atoms with Gasteiger partial charge in [0.15, 0.2) is 0 Å². The molecule has 0 bridgehead atoms. The smallest absolute Gasteiger partial charge is 0.127 e. The Balaban J connectivity index is 1.77. The van der Waals surface area contributed by atoms with Crippen LogP contribution in [0.5, 0.6) is 11.5 Å². The molecule has 2 heteroatoms. The average Bonchev–Trinajstić information content (AvgIpc) is 2.86. The summed E-state index contributed by atoms with van der Waals surface area (Å²) in [6.07, 6.45) is 11.3. The second-order valence-electron chi connectivity index (χ2n) is 10.4. The lowest BCUT2D eigenvalue weighted by molar-refractivity contribution is 0.306. The second kappa shape index (κ2) is 11.0. The van der Waals surface area contributed by atoms with Crippen LogP contribution in [0.4, 0.5) is 0 Å². The van der Waals surface area contributed by atoms with Gasteiger partial charge in [0, 0.05) is 5.56 Å². The molecule has 0 atom stereocenters. The van der Waals surface area contributed by atoms with E-state index in [-0.39, 0.29) is 11.2 Å². The number of hydrogen-bond donors (Lipinski definition) is 1. The quantitative estimate of drug-likeness (QED) is 0.315. The number of phenols is 1. The monoisotopic (exact) mass is 466 g/mol. The van der Waals surface area contributed by atoms with Crippen molar-refractivity contribution in [2.24, 2.45) is 0 Å². The highest BCUT2D eigenvalue weighted by atomic mass is 16.5. The molecule has 1 N–H and O–H groups in total. The number of ether oxygens (including phenoxy) is 1. The molecule has 0 fully saturated rings. The molecule has 0 amide bonds. The van der Waals surface area contributed by atoms with Crippen LogP contribution >= 0.6 is 0 Å². The van der Waals surface area contributed by atoms with Gasteiger partial charge in [0.1, 0.15) is 18.1 Å². The van der Waals surface area contributed by atoms with Crippen molar-refractivity contribution in [3.63, 3.8) is 0 Å². The van der Waals surface area contributed by atoms with Gasteiger partial charge in [-0.25, -0.2) is 0 Å². The lowest BCUT2D eigenvalue weighted by atomic mass is 9.79. The van der Waals surface area contributed by atoms with Crippen molar-refractivity contribution < 1.29 is 9.84 Å². The molecule has 1 aliphatic carbocycles. The van der Waals surface area contributed by atoms with Gasteiger partial charge in [0.05, 0.1) is 0 Å². The summed E-state index contributed by atoms with van der Waals surface area (Å²) in [5.74, 6) is 1.12. The summed E-state index contributed by atoms with van der Waals surface area (Å²) in [5, 5.41) is 12.7. The molecule has 4 rings (SSSR count). The number of rotatable bonds is 10. The molecule has 0 aliphatic heterocycles. The molecule has 0 radical (unpaired) electrons.